The molecule has 2 atom stereocenters. The van der Waals surface area contributed by atoms with Gasteiger partial charge in [0.2, 0.25) is 11.8 Å². The van der Waals surface area contributed by atoms with Crippen molar-refractivity contribution in [1.29, 1.82) is 5.26 Å². The van der Waals surface area contributed by atoms with E-state index in [1.807, 2.05) is 18.2 Å². The van der Waals surface area contributed by atoms with Crippen molar-refractivity contribution in [2.45, 2.75) is 12.8 Å². The van der Waals surface area contributed by atoms with Gasteiger partial charge in [0.25, 0.3) is 5.91 Å². The normalized spacial score (nSPS) is 20.5. The van der Waals surface area contributed by atoms with Gasteiger partial charge in [-0.15, -0.1) is 0 Å². The number of nitriles is 1. The Bertz CT molecular complexity index is 895. The SMILES string of the molecule is N#Cc1ccc(NC(=O)COC(=O)CN2C(=O)C3CC=CCC3C2=O)cc1Cl. The Morgan fingerprint density at radius 3 is 2.43 bits per heavy atom. The van der Waals surface area contributed by atoms with Gasteiger partial charge in [-0.2, -0.15) is 5.26 Å². The summed E-state index contributed by atoms with van der Waals surface area (Å²) in [4.78, 5) is 49.4. The number of hydrogen-bond acceptors (Lipinski definition) is 6. The highest BCUT2D eigenvalue weighted by Crippen LogP contribution is 2.34. The number of likely N-dealkylation sites (tertiary alicyclic amines) is 1. The molecule has 1 fully saturated rings. The molecule has 1 N–H and O–H groups in total. The highest BCUT2D eigenvalue weighted by molar-refractivity contribution is 6.32. The Hall–Kier alpha value is -3.18. The van der Waals surface area contributed by atoms with Crippen LogP contribution in [0.25, 0.3) is 0 Å². The van der Waals surface area contributed by atoms with Gasteiger partial charge in [0, 0.05) is 5.69 Å². The average Bonchev–Trinajstić information content (AvgIpc) is 2.92. The fourth-order valence-electron chi connectivity index (χ4n) is 3.23. The number of halogens is 1. The second kappa shape index (κ2) is 8.23. The molecule has 0 spiro atoms. The van der Waals surface area contributed by atoms with Crippen molar-refractivity contribution in [2.24, 2.45) is 11.8 Å². The van der Waals surface area contributed by atoms with Gasteiger partial charge in [0.1, 0.15) is 12.6 Å². The van der Waals surface area contributed by atoms with Crippen LogP contribution in [-0.2, 0) is 23.9 Å². The molecule has 2 aliphatic rings. The summed E-state index contributed by atoms with van der Waals surface area (Å²) in [6.45, 7) is -1.10. The quantitative estimate of drug-likeness (QED) is 0.455. The van der Waals surface area contributed by atoms with Crippen LogP contribution in [-0.4, -0.2) is 41.7 Å². The van der Waals surface area contributed by atoms with E-state index in [2.05, 4.69) is 5.32 Å². The maximum atomic E-state index is 12.3. The van der Waals surface area contributed by atoms with Gasteiger partial charge in [0.05, 0.1) is 22.4 Å². The number of allylic oxidation sites excluding steroid dienone is 2. The van der Waals surface area contributed by atoms with Crippen molar-refractivity contribution in [3.05, 3.63) is 40.9 Å². The van der Waals surface area contributed by atoms with Crippen LogP contribution in [0.5, 0.6) is 0 Å². The lowest BCUT2D eigenvalue weighted by molar-refractivity contribution is -0.154. The number of nitrogens with zero attached hydrogens (tertiary/aromatic N) is 2. The number of imide groups is 1. The third-order valence-electron chi connectivity index (χ3n) is 4.62. The molecule has 1 saturated heterocycles. The minimum atomic E-state index is -0.846. The molecule has 0 aromatic heterocycles. The summed E-state index contributed by atoms with van der Waals surface area (Å²) in [5, 5.41) is 11.5. The lowest BCUT2D eigenvalue weighted by atomic mass is 9.85. The van der Waals surface area contributed by atoms with Gasteiger partial charge in [-0.05, 0) is 31.0 Å². The lowest BCUT2D eigenvalue weighted by Gasteiger charge is -2.14. The van der Waals surface area contributed by atoms with Crippen molar-refractivity contribution < 1.29 is 23.9 Å². The molecule has 3 rings (SSSR count). The van der Waals surface area contributed by atoms with E-state index in [4.69, 9.17) is 21.6 Å². The van der Waals surface area contributed by atoms with Crippen LogP contribution >= 0.6 is 11.6 Å². The van der Waals surface area contributed by atoms with Crippen molar-refractivity contribution in [2.75, 3.05) is 18.5 Å². The van der Waals surface area contributed by atoms with Gasteiger partial charge in [-0.3, -0.25) is 24.1 Å². The summed E-state index contributed by atoms with van der Waals surface area (Å²) in [5.41, 5.74) is 0.605. The van der Waals surface area contributed by atoms with E-state index in [0.29, 0.717) is 18.5 Å². The maximum absolute atomic E-state index is 12.3. The summed E-state index contributed by atoms with van der Waals surface area (Å²) in [6.07, 6.45) is 4.68. The molecule has 9 heteroatoms. The number of carbonyl (C=O) groups excluding carboxylic acids is 4. The maximum Gasteiger partial charge on any atom is 0.326 e. The topological polar surface area (TPSA) is 117 Å². The third kappa shape index (κ3) is 4.05. The summed E-state index contributed by atoms with van der Waals surface area (Å²) in [6, 6.07) is 6.23. The molecule has 1 heterocycles. The number of amides is 3. The Morgan fingerprint density at radius 1 is 1.21 bits per heavy atom. The summed E-state index contributed by atoms with van der Waals surface area (Å²) >= 11 is 5.88. The van der Waals surface area contributed by atoms with E-state index in [1.165, 1.54) is 18.2 Å². The van der Waals surface area contributed by atoms with Crippen molar-refractivity contribution in [3.63, 3.8) is 0 Å². The summed E-state index contributed by atoms with van der Waals surface area (Å²) in [7, 11) is 0. The Morgan fingerprint density at radius 2 is 1.86 bits per heavy atom. The van der Waals surface area contributed by atoms with Crippen molar-refractivity contribution >= 4 is 41.0 Å². The first kappa shape index (κ1) is 19.6. The zero-order valence-corrected chi connectivity index (χ0v) is 15.4. The second-order valence-corrected chi connectivity index (χ2v) is 6.84. The molecule has 28 heavy (non-hydrogen) atoms. The molecule has 0 radical (unpaired) electrons. The zero-order valence-electron chi connectivity index (χ0n) is 14.7. The molecule has 3 amide bonds. The van der Waals surface area contributed by atoms with Gasteiger partial charge in [-0.1, -0.05) is 23.8 Å². The first-order valence-electron chi connectivity index (χ1n) is 8.56. The van der Waals surface area contributed by atoms with Crippen LogP contribution in [0.4, 0.5) is 5.69 Å². The summed E-state index contributed by atoms with van der Waals surface area (Å²) < 4.78 is 4.87. The smallest absolute Gasteiger partial charge is 0.326 e. The Labute approximate surface area is 165 Å². The highest BCUT2D eigenvalue weighted by atomic mass is 35.5. The third-order valence-corrected chi connectivity index (χ3v) is 4.94. The molecule has 1 aliphatic heterocycles. The molecule has 1 aromatic rings. The molecular formula is C19H16ClN3O5. The fraction of sp³-hybridized carbons (Fsp3) is 0.316. The molecule has 0 saturated carbocycles. The van der Waals surface area contributed by atoms with E-state index >= 15 is 0 Å². The minimum absolute atomic E-state index is 0.180. The van der Waals surface area contributed by atoms with Crippen LogP contribution < -0.4 is 5.32 Å². The molecule has 1 aromatic carbocycles. The molecule has 144 valence electrons. The first-order chi connectivity index (χ1) is 13.4. The van der Waals surface area contributed by atoms with Gasteiger partial charge in [-0.25, -0.2) is 0 Å². The van der Waals surface area contributed by atoms with E-state index in [-0.39, 0.29) is 22.4 Å². The number of anilines is 1. The van der Waals surface area contributed by atoms with Crippen LogP contribution in [0.2, 0.25) is 5.02 Å². The number of hydrogen-bond donors (Lipinski definition) is 1. The van der Waals surface area contributed by atoms with Crippen molar-refractivity contribution in [3.8, 4) is 6.07 Å². The zero-order chi connectivity index (χ0) is 20.3. The van der Waals surface area contributed by atoms with Gasteiger partial charge in [0.15, 0.2) is 6.61 Å². The fourth-order valence-corrected chi connectivity index (χ4v) is 3.45. The van der Waals surface area contributed by atoms with Crippen LogP contribution in [0.3, 0.4) is 0 Å². The largest absolute Gasteiger partial charge is 0.454 e. The lowest BCUT2D eigenvalue weighted by Crippen LogP contribution is -2.37. The van der Waals surface area contributed by atoms with Crippen LogP contribution in [0, 0.1) is 23.2 Å². The number of esters is 1. The van der Waals surface area contributed by atoms with Crippen LogP contribution in [0.1, 0.15) is 18.4 Å². The molecular weight excluding hydrogens is 386 g/mol. The average molecular weight is 402 g/mol. The molecule has 0 bridgehead atoms. The number of ether oxygens (including phenoxy) is 1. The monoisotopic (exact) mass is 401 g/mol. The second-order valence-electron chi connectivity index (χ2n) is 6.43. The molecule has 2 unspecified atom stereocenters. The Balaban J connectivity index is 1.50. The Kier molecular flexibility index (Phi) is 5.76. The summed E-state index contributed by atoms with van der Waals surface area (Å²) in [5.74, 6) is -3.07. The van der Waals surface area contributed by atoms with Crippen LogP contribution in [0.15, 0.2) is 30.4 Å². The number of nitrogens with one attached hydrogen (secondary N) is 1. The molecule has 1 aliphatic carbocycles. The van der Waals surface area contributed by atoms with E-state index in [9.17, 15) is 19.2 Å². The first-order valence-corrected chi connectivity index (χ1v) is 8.94. The highest BCUT2D eigenvalue weighted by Gasteiger charge is 2.47. The predicted molar refractivity (Wildman–Crippen MR) is 97.8 cm³/mol. The van der Waals surface area contributed by atoms with Crippen molar-refractivity contribution in [1.82, 2.24) is 4.90 Å². The van der Waals surface area contributed by atoms with E-state index in [0.717, 1.165) is 4.90 Å². The molecule has 8 nitrogen and oxygen atoms in total. The number of carbonyl (C=O) groups is 4. The predicted octanol–water partition coefficient (Wildman–Crippen LogP) is 1.64. The van der Waals surface area contributed by atoms with E-state index < -0.39 is 36.9 Å². The van der Waals surface area contributed by atoms with Gasteiger partial charge >= 0.3 is 5.97 Å². The number of rotatable bonds is 5. The van der Waals surface area contributed by atoms with Gasteiger partial charge < -0.3 is 10.1 Å². The minimum Gasteiger partial charge on any atom is -0.454 e. The van der Waals surface area contributed by atoms with E-state index in [1.54, 1.807) is 0 Å². The standard InChI is InChI=1S/C19H16ClN3O5/c20-15-7-12(6-5-11(15)8-21)22-16(24)10-28-17(25)9-23-18(26)13-3-1-2-4-14(13)19(23)27/h1-2,5-7,13-14H,3-4,9-10H2,(H,22,24). The number of benzene rings is 1. The number of fused-ring (bicyclic) bond motifs is 1.